The number of carbonyl (C=O) groups is 1. The van der Waals surface area contributed by atoms with Crippen molar-refractivity contribution >= 4 is 11.6 Å². The van der Waals surface area contributed by atoms with Crippen LogP contribution in [0, 0.1) is 0 Å². The molecular weight excluding hydrogens is 246 g/mol. The van der Waals surface area contributed by atoms with E-state index in [-0.39, 0.29) is 23.2 Å². The number of hydrogen-bond donors (Lipinski definition) is 2. The lowest BCUT2D eigenvalue weighted by atomic mass is 10.2. The molecule has 0 saturated carbocycles. The van der Waals surface area contributed by atoms with Crippen molar-refractivity contribution in [1.29, 1.82) is 0 Å². The van der Waals surface area contributed by atoms with Gasteiger partial charge >= 0.3 is 0 Å². The molecule has 0 aliphatic rings. The summed E-state index contributed by atoms with van der Waals surface area (Å²) in [6.07, 6.45) is 4.65. The van der Waals surface area contributed by atoms with Gasteiger partial charge in [0.2, 0.25) is 5.88 Å². The van der Waals surface area contributed by atoms with Crippen molar-refractivity contribution in [2.45, 2.75) is 19.9 Å². The van der Waals surface area contributed by atoms with Crippen LogP contribution in [-0.4, -0.2) is 20.7 Å². The van der Waals surface area contributed by atoms with Crippen LogP contribution in [0.25, 0.3) is 0 Å². The molecule has 0 unspecified atom stereocenters. The van der Waals surface area contributed by atoms with E-state index < -0.39 is 5.91 Å². The quantitative estimate of drug-likeness (QED) is 0.862. The van der Waals surface area contributed by atoms with Crippen LogP contribution in [0.4, 0.5) is 5.69 Å². The first-order chi connectivity index (χ1) is 8.97. The van der Waals surface area contributed by atoms with E-state index in [9.17, 15) is 4.79 Å². The number of aromatic nitrogens is 3. The highest BCUT2D eigenvalue weighted by atomic mass is 16.5. The van der Waals surface area contributed by atoms with Crippen LogP contribution in [0.1, 0.15) is 30.2 Å². The van der Waals surface area contributed by atoms with Gasteiger partial charge in [-0.3, -0.25) is 9.48 Å². The summed E-state index contributed by atoms with van der Waals surface area (Å²) in [6.45, 7) is 4.01. The summed E-state index contributed by atoms with van der Waals surface area (Å²) in [5, 5.41) is 4.13. The Morgan fingerprint density at radius 2 is 2.16 bits per heavy atom. The van der Waals surface area contributed by atoms with Gasteiger partial charge in [-0.1, -0.05) is 0 Å². The van der Waals surface area contributed by atoms with Crippen LogP contribution in [0.5, 0.6) is 11.6 Å². The van der Waals surface area contributed by atoms with Crippen LogP contribution >= 0.6 is 0 Å². The lowest BCUT2D eigenvalue weighted by molar-refractivity contribution is 0.100. The average Bonchev–Trinajstić information content (AvgIpc) is 2.80. The molecule has 7 heteroatoms. The molecule has 2 heterocycles. The number of rotatable bonds is 4. The monoisotopic (exact) mass is 261 g/mol. The van der Waals surface area contributed by atoms with E-state index in [0.29, 0.717) is 5.75 Å². The summed E-state index contributed by atoms with van der Waals surface area (Å²) in [5.74, 6) is 0.148. The Labute approximate surface area is 110 Å². The minimum atomic E-state index is -0.623. The summed E-state index contributed by atoms with van der Waals surface area (Å²) < 4.78 is 7.25. The van der Waals surface area contributed by atoms with Gasteiger partial charge in [-0.2, -0.15) is 5.10 Å². The molecule has 0 spiro atoms. The Morgan fingerprint density at radius 3 is 2.74 bits per heavy atom. The Kier molecular flexibility index (Phi) is 3.37. The lowest BCUT2D eigenvalue weighted by Gasteiger charge is -2.06. The zero-order chi connectivity index (χ0) is 14.0. The molecule has 0 bridgehead atoms. The van der Waals surface area contributed by atoms with E-state index in [0.717, 1.165) is 0 Å². The van der Waals surface area contributed by atoms with Gasteiger partial charge in [0.25, 0.3) is 5.91 Å². The van der Waals surface area contributed by atoms with Crippen LogP contribution in [0.3, 0.4) is 0 Å². The second-order valence-corrected chi connectivity index (χ2v) is 4.33. The van der Waals surface area contributed by atoms with E-state index in [1.54, 1.807) is 17.1 Å². The summed E-state index contributed by atoms with van der Waals surface area (Å²) >= 11 is 0. The Hall–Kier alpha value is -2.57. The molecule has 0 aliphatic heterocycles. The first-order valence-corrected chi connectivity index (χ1v) is 5.74. The highest BCUT2D eigenvalue weighted by Gasteiger charge is 2.10. The molecule has 0 atom stereocenters. The topological polar surface area (TPSA) is 109 Å². The van der Waals surface area contributed by atoms with Gasteiger partial charge in [-0.25, -0.2) is 4.98 Å². The molecule has 4 N–H and O–H groups in total. The Morgan fingerprint density at radius 1 is 1.42 bits per heavy atom. The molecule has 0 saturated heterocycles. The van der Waals surface area contributed by atoms with Crippen LogP contribution in [0.2, 0.25) is 0 Å². The Bertz CT molecular complexity index is 606. The molecule has 19 heavy (non-hydrogen) atoms. The SMILES string of the molecule is CC(C)n1cc(Oc2cc(C(N)=O)c(N)cn2)cn1. The molecule has 2 aromatic rings. The third-order valence-corrected chi connectivity index (χ3v) is 2.50. The maximum Gasteiger partial charge on any atom is 0.251 e. The smallest absolute Gasteiger partial charge is 0.251 e. The van der Waals surface area contributed by atoms with Crippen molar-refractivity contribution in [2.24, 2.45) is 5.73 Å². The van der Waals surface area contributed by atoms with Crippen LogP contribution in [0.15, 0.2) is 24.7 Å². The number of amides is 1. The predicted octanol–water partition coefficient (Wildman–Crippen LogP) is 1.33. The largest absolute Gasteiger partial charge is 0.436 e. The zero-order valence-corrected chi connectivity index (χ0v) is 10.7. The predicted molar refractivity (Wildman–Crippen MR) is 69.9 cm³/mol. The molecule has 100 valence electrons. The molecule has 0 radical (unpaired) electrons. The minimum absolute atomic E-state index is 0.182. The number of nitrogens with zero attached hydrogens (tertiary/aromatic N) is 3. The average molecular weight is 261 g/mol. The van der Waals surface area contributed by atoms with Gasteiger partial charge in [-0.05, 0) is 13.8 Å². The molecule has 2 aromatic heterocycles. The number of nitrogens with two attached hydrogens (primary N) is 2. The summed E-state index contributed by atoms with van der Waals surface area (Å²) in [7, 11) is 0. The number of primary amides is 1. The number of anilines is 1. The van der Waals surface area contributed by atoms with Crippen molar-refractivity contribution in [3.63, 3.8) is 0 Å². The standard InChI is InChI=1S/C12H15N5O2/c1-7(2)17-6-8(4-16-17)19-11-3-9(12(14)18)10(13)5-15-11/h3-7H,13H2,1-2H3,(H2,14,18). The van der Waals surface area contributed by atoms with Crippen LogP contribution in [-0.2, 0) is 0 Å². The summed E-state index contributed by atoms with van der Waals surface area (Å²) in [6, 6.07) is 1.64. The highest BCUT2D eigenvalue weighted by Crippen LogP contribution is 2.22. The molecule has 2 rings (SSSR count). The van der Waals surface area contributed by atoms with Gasteiger partial charge in [0, 0.05) is 12.1 Å². The number of ether oxygens (including phenoxy) is 1. The minimum Gasteiger partial charge on any atom is -0.436 e. The fraction of sp³-hybridized carbons (Fsp3) is 0.250. The molecule has 1 amide bonds. The first-order valence-electron chi connectivity index (χ1n) is 5.74. The number of nitrogen functional groups attached to an aromatic ring is 1. The van der Waals surface area contributed by atoms with Crippen molar-refractivity contribution < 1.29 is 9.53 Å². The van der Waals surface area contributed by atoms with Gasteiger partial charge in [0.1, 0.15) is 0 Å². The van der Waals surface area contributed by atoms with Gasteiger partial charge in [0.05, 0.1) is 29.8 Å². The van der Waals surface area contributed by atoms with E-state index in [1.165, 1.54) is 12.3 Å². The van der Waals surface area contributed by atoms with Crippen molar-refractivity contribution in [3.05, 3.63) is 30.2 Å². The number of pyridine rings is 1. The second-order valence-electron chi connectivity index (χ2n) is 4.33. The zero-order valence-electron chi connectivity index (χ0n) is 10.7. The molecule has 0 aromatic carbocycles. The second kappa shape index (κ2) is 4.97. The van der Waals surface area contributed by atoms with Crippen LogP contribution < -0.4 is 16.2 Å². The summed E-state index contributed by atoms with van der Waals surface area (Å²) in [5.41, 5.74) is 11.2. The maximum atomic E-state index is 11.2. The van der Waals surface area contributed by atoms with Gasteiger partial charge in [0.15, 0.2) is 5.75 Å². The molecule has 0 fully saturated rings. The normalized spacial score (nSPS) is 10.7. The Balaban J connectivity index is 2.23. The fourth-order valence-electron chi connectivity index (χ4n) is 1.49. The summed E-state index contributed by atoms with van der Waals surface area (Å²) in [4.78, 5) is 15.1. The van der Waals surface area contributed by atoms with E-state index in [4.69, 9.17) is 16.2 Å². The lowest BCUT2D eigenvalue weighted by Crippen LogP contribution is -2.13. The van der Waals surface area contributed by atoms with Crippen molar-refractivity contribution in [2.75, 3.05) is 5.73 Å². The number of carbonyl (C=O) groups excluding carboxylic acids is 1. The fourth-order valence-corrected chi connectivity index (χ4v) is 1.49. The van der Waals surface area contributed by atoms with Gasteiger partial charge in [-0.15, -0.1) is 0 Å². The third-order valence-electron chi connectivity index (χ3n) is 2.50. The van der Waals surface area contributed by atoms with Gasteiger partial charge < -0.3 is 16.2 Å². The maximum absolute atomic E-state index is 11.2. The van der Waals surface area contributed by atoms with E-state index >= 15 is 0 Å². The molecule has 0 aliphatic carbocycles. The first kappa shape index (κ1) is 12.9. The number of hydrogen-bond acceptors (Lipinski definition) is 5. The third kappa shape index (κ3) is 2.82. The molecular formula is C12H15N5O2. The van der Waals surface area contributed by atoms with E-state index in [2.05, 4.69) is 10.1 Å². The highest BCUT2D eigenvalue weighted by molar-refractivity contribution is 5.98. The van der Waals surface area contributed by atoms with E-state index in [1.807, 2.05) is 13.8 Å². The molecule has 7 nitrogen and oxygen atoms in total. The van der Waals surface area contributed by atoms with Crippen molar-refractivity contribution in [3.8, 4) is 11.6 Å². The van der Waals surface area contributed by atoms with Crippen molar-refractivity contribution in [1.82, 2.24) is 14.8 Å².